The number of hydrogen-bond acceptors (Lipinski definition) is 3. The van der Waals surface area contributed by atoms with Crippen molar-refractivity contribution in [2.24, 2.45) is 0 Å². The Labute approximate surface area is 74.8 Å². The molecule has 0 fully saturated rings. The molecular formula is C7H15NO3S. The third kappa shape index (κ3) is 6.30. The van der Waals surface area contributed by atoms with E-state index in [0.29, 0.717) is 13.1 Å². The smallest absolute Gasteiger partial charge is 0.304 e. The Bertz CT molecular complexity index is 172. The van der Waals surface area contributed by atoms with Crippen molar-refractivity contribution in [1.29, 1.82) is 0 Å². The molecular weight excluding hydrogens is 178 g/mol. The third-order valence-corrected chi connectivity index (χ3v) is 2.81. The van der Waals surface area contributed by atoms with E-state index in [1.807, 2.05) is 6.92 Å². The van der Waals surface area contributed by atoms with E-state index < -0.39 is 16.8 Å². The van der Waals surface area contributed by atoms with Gasteiger partial charge in [-0.15, -0.1) is 0 Å². The molecule has 0 aliphatic rings. The zero-order chi connectivity index (χ0) is 9.56. The van der Waals surface area contributed by atoms with Gasteiger partial charge in [0.2, 0.25) is 0 Å². The molecule has 5 heteroatoms. The molecule has 0 amide bonds. The van der Waals surface area contributed by atoms with Crippen LogP contribution < -0.4 is 5.32 Å². The molecule has 0 rings (SSSR count). The molecule has 0 saturated heterocycles. The van der Waals surface area contributed by atoms with Crippen LogP contribution in [0.1, 0.15) is 13.3 Å². The maximum absolute atomic E-state index is 10.8. The summed E-state index contributed by atoms with van der Waals surface area (Å²) in [5.41, 5.74) is 0. The molecule has 0 aromatic heterocycles. The Balaban J connectivity index is 3.31. The first-order chi connectivity index (χ1) is 5.54. The lowest BCUT2D eigenvalue weighted by Crippen LogP contribution is -2.29. The van der Waals surface area contributed by atoms with E-state index >= 15 is 0 Å². The molecule has 0 aromatic carbocycles. The number of nitrogens with one attached hydrogen (secondary N) is 1. The Morgan fingerprint density at radius 2 is 2.25 bits per heavy atom. The first-order valence-corrected chi connectivity index (χ1v) is 5.41. The summed E-state index contributed by atoms with van der Waals surface area (Å²) >= 11 is 0. The van der Waals surface area contributed by atoms with Gasteiger partial charge < -0.3 is 10.4 Å². The van der Waals surface area contributed by atoms with Crippen LogP contribution in [-0.4, -0.2) is 39.9 Å². The van der Waals surface area contributed by atoms with E-state index in [1.165, 1.54) is 0 Å². The number of carbonyl (C=O) groups is 1. The summed E-state index contributed by atoms with van der Waals surface area (Å²) < 4.78 is 10.8. The second kappa shape index (κ2) is 6.14. The van der Waals surface area contributed by atoms with Crippen LogP contribution >= 0.6 is 0 Å². The van der Waals surface area contributed by atoms with Gasteiger partial charge in [0.1, 0.15) is 0 Å². The molecule has 4 nitrogen and oxygen atoms in total. The molecule has 72 valence electrons. The van der Waals surface area contributed by atoms with E-state index in [-0.39, 0.29) is 11.7 Å². The van der Waals surface area contributed by atoms with E-state index in [4.69, 9.17) is 5.11 Å². The number of hydrogen-bond donors (Lipinski definition) is 2. The first-order valence-electron chi connectivity index (χ1n) is 3.78. The summed E-state index contributed by atoms with van der Waals surface area (Å²) in [6.45, 7) is 2.91. The van der Waals surface area contributed by atoms with Crippen molar-refractivity contribution in [2.45, 2.75) is 18.6 Å². The fourth-order valence-corrected chi connectivity index (χ4v) is 0.971. The molecule has 0 bridgehead atoms. The lowest BCUT2D eigenvalue weighted by Gasteiger charge is -2.08. The number of aliphatic carboxylic acids is 1. The quantitative estimate of drug-likeness (QED) is 0.574. The molecule has 0 aliphatic carbocycles. The minimum Gasteiger partial charge on any atom is -0.481 e. The minimum absolute atomic E-state index is 0.0822. The highest BCUT2D eigenvalue weighted by molar-refractivity contribution is 7.84. The van der Waals surface area contributed by atoms with Crippen LogP contribution in [0.2, 0.25) is 0 Å². The van der Waals surface area contributed by atoms with Crippen LogP contribution in [0.4, 0.5) is 0 Å². The molecule has 0 aromatic rings. The zero-order valence-electron chi connectivity index (χ0n) is 7.37. The molecule has 0 saturated carbocycles. The molecule has 0 aliphatic heterocycles. The highest BCUT2D eigenvalue weighted by Gasteiger charge is 2.04. The predicted octanol–water partition coefficient (Wildman–Crippen LogP) is -0.182. The van der Waals surface area contributed by atoms with Gasteiger partial charge in [0.05, 0.1) is 6.42 Å². The van der Waals surface area contributed by atoms with Crippen molar-refractivity contribution >= 4 is 16.8 Å². The summed E-state index contributed by atoms with van der Waals surface area (Å²) in [4.78, 5) is 10.1. The highest BCUT2D eigenvalue weighted by atomic mass is 32.2. The summed E-state index contributed by atoms with van der Waals surface area (Å²) in [5, 5.41) is 11.3. The number of carboxylic acids is 1. The first kappa shape index (κ1) is 11.6. The van der Waals surface area contributed by atoms with Gasteiger partial charge in [0.15, 0.2) is 0 Å². The van der Waals surface area contributed by atoms with Crippen LogP contribution in [0.15, 0.2) is 0 Å². The summed E-state index contributed by atoms with van der Waals surface area (Å²) in [7, 11) is -0.834. The Morgan fingerprint density at radius 1 is 1.67 bits per heavy atom. The fraction of sp³-hybridized carbons (Fsp3) is 0.857. The highest BCUT2D eigenvalue weighted by Crippen LogP contribution is 1.89. The van der Waals surface area contributed by atoms with Crippen molar-refractivity contribution in [1.82, 2.24) is 5.32 Å². The van der Waals surface area contributed by atoms with Gasteiger partial charge >= 0.3 is 5.97 Å². The molecule has 12 heavy (non-hydrogen) atoms. The normalized spacial score (nSPS) is 15.5. The average molecular weight is 193 g/mol. The van der Waals surface area contributed by atoms with Gasteiger partial charge in [0.25, 0.3) is 0 Å². The zero-order valence-corrected chi connectivity index (χ0v) is 8.19. The topological polar surface area (TPSA) is 66.4 Å². The third-order valence-electron chi connectivity index (χ3n) is 1.51. The van der Waals surface area contributed by atoms with Crippen molar-refractivity contribution in [3.63, 3.8) is 0 Å². The monoisotopic (exact) mass is 193 g/mol. The number of rotatable bonds is 6. The molecule has 0 radical (unpaired) electrons. The molecule has 0 heterocycles. The fourth-order valence-electron chi connectivity index (χ4n) is 0.618. The van der Waals surface area contributed by atoms with E-state index in [0.717, 1.165) is 0 Å². The number of carboxylic acid groups (broad SMARTS) is 1. The minimum atomic E-state index is -0.834. The van der Waals surface area contributed by atoms with Crippen molar-refractivity contribution in [3.05, 3.63) is 0 Å². The van der Waals surface area contributed by atoms with Gasteiger partial charge in [-0.2, -0.15) is 0 Å². The maximum atomic E-state index is 10.8. The van der Waals surface area contributed by atoms with E-state index in [9.17, 15) is 9.00 Å². The van der Waals surface area contributed by atoms with Crippen molar-refractivity contribution in [2.75, 3.05) is 19.3 Å². The van der Waals surface area contributed by atoms with Crippen LogP contribution in [-0.2, 0) is 15.6 Å². The Morgan fingerprint density at radius 3 is 2.67 bits per heavy atom. The SMILES string of the molecule is CC(CNCCC(=O)O)S(C)=O. The molecule has 2 N–H and O–H groups in total. The van der Waals surface area contributed by atoms with Gasteiger partial charge in [-0.1, -0.05) is 0 Å². The molecule has 0 spiro atoms. The second-order valence-corrected chi connectivity index (χ2v) is 4.46. The van der Waals surface area contributed by atoms with Gasteiger partial charge in [-0.25, -0.2) is 0 Å². The van der Waals surface area contributed by atoms with Crippen molar-refractivity contribution in [3.8, 4) is 0 Å². The van der Waals surface area contributed by atoms with Crippen molar-refractivity contribution < 1.29 is 14.1 Å². The molecule has 2 unspecified atom stereocenters. The van der Waals surface area contributed by atoms with Gasteiger partial charge in [-0.05, 0) is 6.92 Å². The van der Waals surface area contributed by atoms with Crippen LogP contribution in [0, 0.1) is 0 Å². The maximum Gasteiger partial charge on any atom is 0.304 e. The average Bonchev–Trinajstić information content (AvgIpc) is 1.97. The largest absolute Gasteiger partial charge is 0.481 e. The van der Waals surface area contributed by atoms with Gasteiger partial charge in [-0.3, -0.25) is 9.00 Å². The second-order valence-electron chi connectivity index (χ2n) is 2.66. The van der Waals surface area contributed by atoms with Gasteiger partial charge in [0, 0.05) is 35.4 Å². The lowest BCUT2D eigenvalue weighted by molar-refractivity contribution is -0.136. The summed E-state index contributed by atoms with van der Waals surface area (Å²) in [5.74, 6) is -0.812. The molecule has 2 atom stereocenters. The predicted molar refractivity (Wildman–Crippen MR) is 48.7 cm³/mol. The van der Waals surface area contributed by atoms with Crippen LogP contribution in [0.3, 0.4) is 0 Å². The van der Waals surface area contributed by atoms with Crippen LogP contribution in [0.5, 0.6) is 0 Å². The summed E-state index contributed by atoms with van der Waals surface area (Å²) in [6.07, 6.45) is 1.76. The Hall–Kier alpha value is -0.420. The van der Waals surface area contributed by atoms with E-state index in [1.54, 1.807) is 6.26 Å². The Kier molecular flexibility index (Phi) is 5.92. The van der Waals surface area contributed by atoms with Crippen LogP contribution in [0.25, 0.3) is 0 Å². The summed E-state index contributed by atoms with van der Waals surface area (Å²) in [6, 6.07) is 0. The van der Waals surface area contributed by atoms with E-state index in [2.05, 4.69) is 5.32 Å². The lowest BCUT2D eigenvalue weighted by atomic mass is 10.4. The standard InChI is InChI=1S/C7H15NO3S/c1-6(12(2)11)5-8-4-3-7(9)10/h6,8H,3-5H2,1-2H3,(H,9,10).